The van der Waals surface area contributed by atoms with Crippen LogP contribution >= 0.6 is 0 Å². The fourth-order valence-corrected chi connectivity index (χ4v) is 2.41. The van der Waals surface area contributed by atoms with Gasteiger partial charge in [0, 0.05) is 94.5 Å². The van der Waals surface area contributed by atoms with E-state index in [1.807, 2.05) is 41.8 Å². The maximum atomic E-state index is 11.3. The van der Waals surface area contributed by atoms with Crippen LogP contribution in [-0.4, -0.2) is 282 Å². The summed E-state index contributed by atoms with van der Waals surface area (Å²) in [6.07, 6.45) is -1.28. The zero-order valence-corrected chi connectivity index (χ0v) is 55.0. The second kappa shape index (κ2) is 58.0. The van der Waals surface area contributed by atoms with Crippen LogP contribution in [-0.2, 0) is 23.8 Å². The van der Waals surface area contributed by atoms with Gasteiger partial charge in [0.25, 0.3) is 6.43 Å². The van der Waals surface area contributed by atoms with Crippen LogP contribution in [0, 0.1) is 5.92 Å². The standard InChI is InChI=1S/C6H13NO2.C6H11NO.C5H11NO.C5H11N.C5H13N.C4H8F3N.C4H9F2N.C4H9NO.C4H11N.2C4H10O.C3H8O/c1-5(2)9-6(8)7(3)4;1-7(2)6(8)5-3-4-5;1-5(7-4)6(2)3;1-6(2)5-3-4-5;1-5(2)6(3)4;1-8(2)3-4(5,6)7;1-7(2)3-4(5)6;1-4(6)5(2)3;1-4-5(2)3;1-4(2)5-3;1-4(2,3)5;1-3(2)4/h5H,1-4H3;5H,3-4H2,1-2H3;1H2,2-4H3;5H,3-4H2,1-2H3;5H,1-4H3;3H2,1-2H3;4H,3H2,1-2H3;1-3H3;4H2,1-3H3;4H,1-3H3;5H,1-3H3;3-4H,1-2H3. The Labute approximate surface area is 465 Å². The normalized spacial score (nSPS) is 11.9. The van der Waals surface area contributed by atoms with Crippen molar-refractivity contribution in [2.24, 2.45) is 5.92 Å². The van der Waals surface area contributed by atoms with Crippen molar-refractivity contribution < 1.29 is 60.8 Å². The average molecular weight is 1120 g/mol. The largest absolute Gasteiger partial charge is 0.483 e. The highest BCUT2D eigenvalue weighted by molar-refractivity contribution is 5.80. The smallest absolute Gasteiger partial charge is 0.409 e. The van der Waals surface area contributed by atoms with Crippen molar-refractivity contribution in [3.63, 3.8) is 0 Å². The molecule has 2 saturated carbocycles. The van der Waals surface area contributed by atoms with Crippen molar-refractivity contribution in [3.05, 3.63) is 12.5 Å². The van der Waals surface area contributed by atoms with E-state index in [9.17, 15) is 36.3 Å². The van der Waals surface area contributed by atoms with Gasteiger partial charge in [-0.1, -0.05) is 6.92 Å². The number of hydrogen-bond acceptors (Lipinski definition) is 14. The van der Waals surface area contributed by atoms with Crippen LogP contribution < -0.4 is 0 Å². The Balaban J connectivity index is -0.0000000786. The minimum Gasteiger partial charge on any atom is -0.483 e. The lowest BCUT2D eigenvalue weighted by Crippen LogP contribution is -2.27. The predicted molar refractivity (Wildman–Crippen MR) is 311 cm³/mol. The molecule has 2 fully saturated rings. The molecule has 0 aromatic rings. The molecule has 17 nitrogen and oxygen atoms in total. The van der Waals surface area contributed by atoms with Gasteiger partial charge in [0.1, 0.15) is 0 Å². The van der Waals surface area contributed by atoms with E-state index in [2.05, 4.69) is 84.3 Å². The van der Waals surface area contributed by atoms with Gasteiger partial charge in [-0.25, -0.2) is 13.6 Å². The maximum absolute atomic E-state index is 11.3. The molecular formula is C54H124F5N9O8. The highest BCUT2D eigenvalue weighted by Crippen LogP contribution is 2.30. The van der Waals surface area contributed by atoms with Crippen LogP contribution in [0.4, 0.5) is 26.7 Å². The molecule has 2 rings (SSSR count). The monoisotopic (exact) mass is 1120 g/mol. The van der Waals surface area contributed by atoms with Gasteiger partial charge in [0.15, 0.2) is 5.88 Å². The molecule has 0 bridgehead atoms. The molecular weight excluding hydrogens is 998 g/mol. The SMILES string of the molecule is C=C(OC)N(C)C.CC(=O)N(C)C.CC(C)(C)O.CC(C)N(C)C.CC(C)O.CC(C)OC(=O)N(C)C.CCN(C)C.CN(C)C(=O)C1CC1.CN(C)C1CC1.CN(C)CC(F)(F)F.CN(C)CC(F)F.COC(C)C. The Kier molecular flexibility index (Phi) is 72.7. The number of carbonyl (C=O) groups excluding carboxylic acids is 3. The van der Waals surface area contributed by atoms with Crippen molar-refractivity contribution >= 4 is 17.9 Å². The molecule has 22 heteroatoms. The highest BCUT2D eigenvalue weighted by atomic mass is 19.4. The Morgan fingerprint density at radius 1 is 0.632 bits per heavy atom. The first-order chi connectivity index (χ1) is 33.8. The number of methoxy groups -OCH3 is 2. The number of rotatable bonds is 11. The molecule has 2 aliphatic carbocycles. The zero-order valence-electron chi connectivity index (χ0n) is 55.0. The summed E-state index contributed by atoms with van der Waals surface area (Å²) in [7, 11) is 36.0. The van der Waals surface area contributed by atoms with E-state index in [1.165, 1.54) is 48.6 Å². The molecule has 468 valence electrons. The van der Waals surface area contributed by atoms with E-state index in [4.69, 9.17) is 24.4 Å². The first-order valence-corrected chi connectivity index (χ1v) is 25.6. The van der Waals surface area contributed by atoms with Crippen LogP contribution in [0.3, 0.4) is 0 Å². The molecule has 0 radical (unpaired) electrons. The summed E-state index contributed by atoms with van der Waals surface area (Å²) in [4.78, 5) is 47.1. The van der Waals surface area contributed by atoms with Crippen molar-refractivity contribution in [1.82, 2.24) is 44.1 Å². The lowest BCUT2D eigenvalue weighted by Gasteiger charge is -2.12. The van der Waals surface area contributed by atoms with Crippen LogP contribution in [0.25, 0.3) is 0 Å². The van der Waals surface area contributed by atoms with Crippen molar-refractivity contribution in [2.75, 3.05) is 161 Å². The van der Waals surface area contributed by atoms with Crippen LogP contribution in [0.1, 0.15) is 116 Å². The van der Waals surface area contributed by atoms with E-state index >= 15 is 0 Å². The number of nitrogens with zero attached hydrogens (tertiary/aromatic N) is 9. The van der Waals surface area contributed by atoms with Crippen LogP contribution in [0.15, 0.2) is 12.5 Å². The van der Waals surface area contributed by atoms with Gasteiger partial charge < -0.3 is 68.5 Å². The average Bonchev–Trinajstić information content (AvgIpc) is 4.14. The molecule has 2 N–H and O–H groups in total. The number of amides is 3. The minimum absolute atomic E-state index is 0.0279. The minimum atomic E-state index is -4.05. The summed E-state index contributed by atoms with van der Waals surface area (Å²) in [5, 5.41) is 16.6. The van der Waals surface area contributed by atoms with E-state index in [0.29, 0.717) is 29.9 Å². The van der Waals surface area contributed by atoms with E-state index in [0.717, 1.165) is 30.3 Å². The molecule has 76 heavy (non-hydrogen) atoms. The van der Waals surface area contributed by atoms with Crippen molar-refractivity contribution in [3.8, 4) is 0 Å². The third kappa shape index (κ3) is 139. The molecule has 2 aliphatic rings. The summed E-state index contributed by atoms with van der Waals surface area (Å²) < 4.78 is 70.6. The molecule has 0 aromatic heterocycles. The summed E-state index contributed by atoms with van der Waals surface area (Å²) in [6, 6.07) is 1.62. The summed E-state index contributed by atoms with van der Waals surface area (Å²) in [5.74, 6) is 1.45. The van der Waals surface area contributed by atoms with Gasteiger partial charge in [0.2, 0.25) is 11.8 Å². The van der Waals surface area contributed by atoms with Gasteiger partial charge in [-0.2, -0.15) is 13.2 Å². The lowest BCUT2D eigenvalue weighted by molar-refractivity contribution is -0.140. The summed E-state index contributed by atoms with van der Waals surface area (Å²) in [6.45, 7) is 28.0. The van der Waals surface area contributed by atoms with Gasteiger partial charge in [0.05, 0.1) is 38.0 Å². The third-order valence-electron chi connectivity index (χ3n) is 7.85. The molecule has 0 aliphatic heterocycles. The van der Waals surface area contributed by atoms with Crippen LogP contribution in [0.5, 0.6) is 0 Å². The number of alkyl halides is 5. The number of carbonyl (C=O) groups is 3. The quantitative estimate of drug-likeness (QED) is 0.150. The van der Waals surface area contributed by atoms with Crippen molar-refractivity contribution in [2.45, 2.75) is 164 Å². The van der Waals surface area contributed by atoms with Gasteiger partial charge in [-0.3, -0.25) is 9.59 Å². The first-order valence-electron chi connectivity index (χ1n) is 25.6. The number of aliphatic hydroxyl groups excluding tert-OH is 1. The topological polar surface area (TPSA) is 149 Å². The Morgan fingerprint density at radius 3 is 0.974 bits per heavy atom. The number of halogens is 5. The predicted octanol–water partition coefficient (Wildman–Crippen LogP) is 8.70. The zero-order chi connectivity index (χ0) is 63.6. The fourth-order valence-electron chi connectivity index (χ4n) is 2.41. The number of ether oxygens (including phenoxy) is 3. The molecule has 0 saturated heterocycles. The molecule has 0 heterocycles. The Hall–Kier alpha value is -3.12. The van der Waals surface area contributed by atoms with E-state index < -0.39 is 24.7 Å². The van der Waals surface area contributed by atoms with E-state index in [1.54, 1.807) is 115 Å². The Bertz CT molecular complexity index is 1220. The summed E-state index contributed by atoms with van der Waals surface area (Å²) in [5.41, 5.74) is -0.500. The van der Waals surface area contributed by atoms with Crippen LogP contribution in [0.2, 0.25) is 0 Å². The molecule has 0 aromatic carbocycles. The van der Waals surface area contributed by atoms with Gasteiger partial charge in [-0.05, 0) is 185 Å². The summed E-state index contributed by atoms with van der Waals surface area (Å²) >= 11 is 0. The molecule has 0 atom stereocenters. The fraction of sp³-hybridized carbons (Fsp3) is 0.907. The first kappa shape index (κ1) is 95.2. The molecule has 0 spiro atoms. The molecule has 0 unspecified atom stereocenters. The van der Waals surface area contributed by atoms with Gasteiger partial charge >= 0.3 is 12.3 Å². The highest BCUT2D eigenvalue weighted by Gasteiger charge is 2.30. The van der Waals surface area contributed by atoms with E-state index in [-0.39, 0.29) is 30.8 Å². The van der Waals surface area contributed by atoms with Crippen molar-refractivity contribution in [1.29, 1.82) is 0 Å². The molecule has 3 amide bonds. The maximum Gasteiger partial charge on any atom is 0.409 e. The second-order valence-electron chi connectivity index (χ2n) is 21.4. The number of aliphatic hydroxyl groups is 2. The lowest BCUT2D eigenvalue weighted by atomic mass is 10.2. The number of hydrogen-bond donors (Lipinski definition) is 2. The van der Waals surface area contributed by atoms with Gasteiger partial charge in [-0.15, -0.1) is 0 Å². The third-order valence-corrected chi connectivity index (χ3v) is 7.85. The Morgan fingerprint density at radius 2 is 0.947 bits per heavy atom. The second-order valence-corrected chi connectivity index (χ2v) is 21.4.